The van der Waals surface area contributed by atoms with E-state index in [9.17, 15) is 13.2 Å². The van der Waals surface area contributed by atoms with E-state index < -0.39 is 22.2 Å². The van der Waals surface area contributed by atoms with Crippen molar-refractivity contribution >= 4 is 16.2 Å². The topological polar surface area (TPSA) is 77.9 Å². The van der Waals surface area contributed by atoms with E-state index in [1.54, 1.807) is 0 Å². The molecular weight excluding hydrogens is 268 g/mol. The van der Waals surface area contributed by atoms with Gasteiger partial charge < -0.3 is 5.11 Å². The Morgan fingerprint density at radius 1 is 1.21 bits per heavy atom. The molecule has 0 aromatic rings. The summed E-state index contributed by atoms with van der Waals surface area (Å²) in [6.45, 7) is 5.39. The standard InChI is InChI=1S/C12H22N2O4S/c1-9-6-10(2)8-13(7-9)19(17,18)14-5-3-4-11(14)12(15)16/h9-11H,3-8H2,1-2H3,(H,15,16). The van der Waals surface area contributed by atoms with Crippen LogP contribution in [0.15, 0.2) is 0 Å². The van der Waals surface area contributed by atoms with Gasteiger partial charge in [-0.25, -0.2) is 0 Å². The number of aliphatic carboxylic acids is 1. The maximum atomic E-state index is 12.6. The average Bonchev–Trinajstić information content (AvgIpc) is 2.76. The smallest absolute Gasteiger partial charge is 0.322 e. The van der Waals surface area contributed by atoms with Gasteiger partial charge in [-0.05, 0) is 31.1 Å². The van der Waals surface area contributed by atoms with Gasteiger partial charge in [-0.15, -0.1) is 0 Å². The molecule has 0 amide bonds. The molecule has 2 saturated heterocycles. The van der Waals surface area contributed by atoms with Crippen molar-refractivity contribution in [3.05, 3.63) is 0 Å². The molecule has 3 unspecified atom stereocenters. The van der Waals surface area contributed by atoms with Gasteiger partial charge >= 0.3 is 5.97 Å². The summed E-state index contributed by atoms with van der Waals surface area (Å²) in [4.78, 5) is 11.1. The van der Waals surface area contributed by atoms with Crippen molar-refractivity contribution in [3.63, 3.8) is 0 Å². The molecule has 0 radical (unpaired) electrons. The van der Waals surface area contributed by atoms with Crippen molar-refractivity contribution in [1.29, 1.82) is 0 Å². The first-order chi connectivity index (χ1) is 8.82. The lowest BCUT2D eigenvalue weighted by Gasteiger charge is -2.37. The predicted molar refractivity (Wildman–Crippen MR) is 70.8 cm³/mol. The van der Waals surface area contributed by atoms with Crippen LogP contribution in [0.4, 0.5) is 0 Å². The van der Waals surface area contributed by atoms with Gasteiger partial charge in [0.15, 0.2) is 0 Å². The van der Waals surface area contributed by atoms with Crippen LogP contribution in [0.3, 0.4) is 0 Å². The number of hydrogen-bond acceptors (Lipinski definition) is 3. The van der Waals surface area contributed by atoms with E-state index >= 15 is 0 Å². The van der Waals surface area contributed by atoms with Crippen LogP contribution in [0, 0.1) is 11.8 Å². The molecule has 6 nitrogen and oxygen atoms in total. The Morgan fingerprint density at radius 2 is 1.79 bits per heavy atom. The lowest BCUT2D eigenvalue weighted by atomic mass is 9.94. The molecule has 19 heavy (non-hydrogen) atoms. The molecule has 2 fully saturated rings. The number of nitrogens with zero attached hydrogens (tertiary/aromatic N) is 2. The van der Waals surface area contributed by atoms with Crippen LogP contribution in [0.25, 0.3) is 0 Å². The second-order valence-corrected chi connectivity index (χ2v) is 7.76. The molecule has 1 N–H and O–H groups in total. The van der Waals surface area contributed by atoms with E-state index in [0.717, 1.165) is 6.42 Å². The minimum atomic E-state index is -3.64. The number of carboxylic acids is 1. The second kappa shape index (κ2) is 5.38. The zero-order valence-corrected chi connectivity index (χ0v) is 12.3. The largest absolute Gasteiger partial charge is 0.480 e. The van der Waals surface area contributed by atoms with Crippen LogP contribution in [-0.2, 0) is 15.0 Å². The number of rotatable bonds is 3. The van der Waals surface area contributed by atoms with Crippen molar-refractivity contribution in [2.75, 3.05) is 19.6 Å². The Kier molecular flexibility index (Phi) is 4.17. The van der Waals surface area contributed by atoms with Crippen molar-refractivity contribution < 1.29 is 18.3 Å². The summed E-state index contributed by atoms with van der Waals surface area (Å²) in [6.07, 6.45) is 2.05. The van der Waals surface area contributed by atoms with E-state index in [1.807, 2.05) is 13.8 Å². The third-order valence-corrected chi connectivity index (χ3v) is 5.93. The third kappa shape index (κ3) is 2.93. The lowest BCUT2D eigenvalue weighted by molar-refractivity contribution is -0.140. The van der Waals surface area contributed by atoms with E-state index in [-0.39, 0.29) is 0 Å². The highest BCUT2D eigenvalue weighted by Crippen LogP contribution is 2.28. The maximum Gasteiger partial charge on any atom is 0.322 e. The van der Waals surface area contributed by atoms with Gasteiger partial charge in [0.05, 0.1) is 0 Å². The molecule has 2 aliphatic rings. The Labute approximate surface area is 114 Å². The number of hydrogen-bond donors (Lipinski definition) is 1. The van der Waals surface area contributed by atoms with E-state index in [0.29, 0.717) is 44.3 Å². The lowest BCUT2D eigenvalue weighted by Crippen LogP contribution is -2.52. The molecule has 110 valence electrons. The van der Waals surface area contributed by atoms with Crippen molar-refractivity contribution in [1.82, 2.24) is 8.61 Å². The minimum absolute atomic E-state index is 0.318. The van der Waals surface area contributed by atoms with Crippen LogP contribution in [-0.4, -0.2) is 53.8 Å². The SMILES string of the molecule is CC1CC(C)CN(S(=O)(=O)N2CCCC2C(=O)O)C1. The summed E-state index contributed by atoms with van der Waals surface area (Å²) in [6, 6.07) is -0.891. The summed E-state index contributed by atoms with van der Waals surface area (Å²) in [5.41, 5.74) is 0. The molecule has 0 saturated carbocycles. The molecule has 0 aromatic heterocycles. The van der Waals surface area contributed by atoms with E-state index in [1.165, 1.54) is 8.61 Å². The van der Waals surface area contributed by atoms with Crippen molar-refractivity contribution in [3.8, 4) is 0 Å². The monoisotopic (exact) mass is 290 g/mol. The predicted octanol–water partition coefficient (Wildman–Crippen LogP) is 0.758. The van der Waals surface area contributed by atoms with Crippen LogP contribution >= 0.6 is 0 Å². The zero-order valence-electron chi connectivity index (χ0n) is 11.4. The van der Waals surface area contributed by atoms with E-state index in [2.05, 4.69) is 0 Å². The van der Waals surface area contributed by atoms with Crippen molar-refractivity contribution in [2.24, 2.45) is 11.8 Å². The molecule has 2 aliphatic heterocycles. The van der Waals surface area contributed by atoms with Gasteiger partial charge in [-0.3, -0.25) is 4.79 Å². The highest BCUT2D eigenvalue weighted by Gasteiger charge is 2.43. The van der Waals surface area contributed by atoms with Gasteiger partial charge in [0.25, 0.3) is 10.2 Å². The fourth-order valence-electron chi connectivity index (χ4n) is 3.21. The van der Waals surface area contributed by atoms with Gasteiger partial charge in [0, 0.05) is 19.6 Å². The second-order valence-electron chi connectivity index (χ2n) is 5.88. The molecule has 2 rings (SSSR count). The zero-order chi connectivity index (χ0) is 14.2. The Hall–Kier alpha value is -0.660. The van der Waals surface area contributed by atoms with Gasteiger partial charge in [0.1, 0.15) is 6.04 Å². The van der Waals surface area contributed by atoms with Crippen LogP contribution in [0.1, 0.15) is 33.1 Å². The van der Waals surface area contributed by atoms with Gasteiger partial charge in [0.2, 0.25) is 0 Å². The maximum absolute atomic E-state index is 12.6. The first-order valence-corrected chi connectivity index (χ1v) is 8.21. The summed E-state index contributed by atoms with van der Waals surface area (Å²) in [5, 5.41) is 9.12. The molecule has 0 bridgehead atoms. The van der Waals surface area contributed by atoms with Gasteiger partial charge in [-0.2, -0.15) is 17.0 Å². The Morgan fingerprint density at radius 3 is 2.32 bits per heavy atom. The summed E-state index contributed by atoms with van der Waals surface area (Å²) in [5.74, 6) is -0.395. The van der Waals surface area contributed by atoms with Crippen molar-refractivity contribution in [2.45, 2.75) is 39.2 Å². The van der Waals surface area contributed by atoms with Crippen LogP contribution in [0.2, 0.25) is 0 Å². The Bertz CT molecular complexity index is 441. The average molecular weight is 290 g/mol. The number of carbonyl (C=O) groups is 1. The molecule has 0 aliphatic carbocycles. The summed E-state index contributed by atoms with van der Waals surface area (Å²) >= 11 is 0. The van der Waals surface area contributed by atoms with Gasteiger partial charge in [-0.1, -0.05) is 13.8 Å². The normalized spacial score (nSPS) is 34.5. The quantitative estimate of drug-likeness (QED) is 0.832. The third-order valence-electron chi connectivity index (χ3n) is 3.95. The fourth-order valence-corrected chi connectivity index (χ4v) is 5.26. The molecule has 2 heterocycles. The molecule has 3 atom stereocenters. The van der Waals surface area contributed by atoms with Crippen LogP contribution in [0.5, 0.6) is 0 Å². The Balaban J connectivity index is 2.19. The summed E-state index contributed by atoms with van der Waals surface area (Å²) in [7, 11) is -3.64. The highest BCUT2D eigenvalue weighted by atomic mass is 32.2. The summed E-state index contributed by atoms with van der Waals surface area (Å²) < 4.78 is 27.8. The molecule has 0 aromatic carbocycles. The number of piperidine rings is 1. The number of carboxylic acid groups (broad SMARTS) is 1. The molecule has 0 spiro atoms. The fraction of sp³-hybridized carbons (Fsp3) is 0.917. The van der Waals surface area contributed by atoms with Crippen LogP contribution < -0.4 is 0 Å². The minimum Gasteiger partial charge on any atom is -0.480 e. The molecule has 7 heteroatoms. The first kappa shape index (κ1) is 14.7. The highest BCUT2D eigenvalue weighted by molar-refractivity contribution is 7.86. The first-order valence-electron chi connectivity index (χ1n) is 6.82. The molecular formula is C12H22N2O4S. The van der Waals surface area contributed by atoms with E-state index in [4.69, 9.17) is 5.11 Å².